The molecule has 0 saturated heterocycles. The Kier molecular flexibility index (Phi) is 11.9. The van der Waals surface area contributed by atoms with Gasteiger partial charge in [0.15, 0.2) is 11.5 Å². The maximum atomic E-state index is 14.4. The van der Waals surface area contributed by atoms with Crippen molar-refractivity contribution < 1.29 is 37.0 Å². The highest BCUT2D eigenvalue weighted by atomic mass is 32.2. The van der Waals surface area contributed by atoms with Crippen molar-refractivity contribution in [2.45, 2.75) is 107 Å². The van der Waals surface area contributed by atoms with Crippen LogP contribution in [0.25, 0.3) is 4.85 Å². The molecule has 2 heterocycles. The van der Waals surface area contributed by atoms with Gasteiger partial charge in [-0.15, -0.1) is 0 Å². The van der Waals surface area contributed by atoms with Crippen molar-refractivity contribution in [3.63, 3.8) is 0 Å². The largest absolute Gasteiger partial charge is 0.481 e. The fraction of sp³-hybridized carbons (Fsp3) is 0.488. The molecule has 0 radical (unpaired) electrons. The maximum absolute atomic E-state index is 14.4. The summed E-state index contributed by atoms with van der Waals surface area (Å²) in [6.07, 6.45) is 8.84. The molecule has 1 aliphatic carbocycles. The van der Waals surface area contributed by atoms with Crippen molar-refractivity contribution in [1.82, 2.24) is 0 Å². The summed E-state index contributed by atoms with van der Waals surface area (Å²) in [7, 11) is -4.30. The first kappa shape index (κ1) is 42.1. The maximum Gasteiger partial charge on any atom is 0.307 e. The van der Waals surface area contributed by atoms with Gasteiger partial charge in [-0.05, 0) is 80.5 Å². The lowest BCUT2D eigenvalue weighted by atomic mass is 9.65. The first-order valence-electron chi connectivity index (χ1n) is 18.4. The number of ketones is 1. The second kappa shape index (κ2) is 15.3. The third kappa shape index (κ3) is 8.07. The molecular weight excluding hydrogens is 703 g/mol. The van der Waals surface area contributed by atoms with E-state index in [-0.39, 0.29) is 52.0 Å². The van der Waals surface area contributed by atoms with Crippen LogP contribution in [0.15, 0.2) is 69.9 Å². The molecule has 3 aliphatic rings. The van der Waals surface area contributed by atoms with Crippen LogP contribution in [0.1, 0.15) is 103 Å². The Bertz CT molecular complexity index is 2170. The lowest BCUT2D eigenvalue weighted by molar-refractivity contribution is -0.437. The number of nitrogens with zero attached hydrogens (tertiary/aromatic N) is 2. The zero-order valence-electron chi connectivity index (χ0n) is 33.4. The Morgan fingerprint density at radius 2 is 1.67 bits per heavy atom. The number of Topliss-reactive ketones (excluding diaryl/α,β-unsaturated/α-hetero) is 1. The number of hydrogen-bond donors (Lipinski definition) is 3. The lowest BCUT2D eigenvalue weighted by Gasteiger charge is -2.33. The molecule has 11 heteroatoms. The van der Waals surface area contributed by atoms with Crippen molar-refractivity contribution >= 4 is 39.1 Å². The van der Waals surface area contributed by atoms with E-state index < -0.39 is 33.2 Å². The minimum atomic E-state index is -4.30. The molecule has 3 N–H and O–H groups in total. The first-order chi connectivity index (χ1) is 24.9. The first-order valence-corrected chi connectivity index (χ1v) is 20.0. The molecule has 10 nitrogen and oxygen atoms in total. The van der Waals surface area contributed by atoms with Crippen LogP contribution in [0.4, 0.5) is 5.69 Å². The Morgan fingerprint density at radius 1 is 1.07 bits per heavy atom. The van der Waals surface area contributed by atoms with E-state index in [1.807, 2.05) is 99.0 Å². The van der Waals surface area contributed by atoms with Crippen LogP contribution < -0.4 is 0 Å². The second-order valence-corrected chi connectivity index (χ2v) is 18.3. The van der Waals surface area contributed by atoms with Gasteiger partial charge in [0, 0.05) is 51.7 Å². The summed E-state index contributed by atoms with van der Waals surface area (Å²) < 4.78 is 41.5. The Balaban J connectivity index is 2.11. The minimum absolute atomic E-state index is 0.0222. The normalized spacial score (nSPS) is 20.1. The number of allylic oxidation sites excluding steroid dienone is 9. The zero-order valence-corrected chi connectivity index (χ0v) is 34.3. The fourth-order valence-electron chi connectivity index (χ4n) is 7.54. The number of aliphatic carboxylic acids is 1. The van der Waals surface area contributed by atoms with Crippen LogP contribution in [0.5, 0.6) is 0 Å². The molecule has 0 fully saturated rings. The molecule has 2 unspecified atom stereocenters. The molecule has 2 aliphatic heterocycles. The number of carboxylic acid groups (broad SMARTS) is 1. The molecule has 288 valence electrons. The summed E-state index contributed by atoms with van der Waals surface area (Å²) in [5, 5.41) is 18.9. The average molecular weight is 757 g/mol. The van der Waals surface area contributed by atoms with E-state index in [1.165, 1.54) is 0 Å². The number of rotatable bonds is 12. The van der Waals surface area contributed by atoms with E-state index in [0.717, 1.165) is 28.7 Å². The van der Waals surface area contributed by atoms with Gasteiger partial charge in [0.05, 0.1) is 23.7 Å². The molecule has 1 aromatic rings. The molecule has 4 rings (SSSR count). The molecule has 2 atom stereocenters. The molecule has 0 bridgehead atoms. The number of aryl methyl sites for hydroxylation is 1. The van der Waals surface area contributed by atoms with Gasteiger partial charge >= 0.3 is 5.97 Å². The fourth-order valence-corrected chi connectivity index (χ4v) is 8.03. The number of unbranched alkanes of at least 4 members (excludes halogenated alkanes) is 1. The van der Waals surface area contributed by atoms with Gasteiger partial charge in [-0.25, -0.2) is 4.85 Å². The van der Waals surface area contributed by atoms with E-state index >= 15 is 0 Å². The van der Waals surface area contributed by atoms with Gasteiger partial charge in [-0.2, -0.15) is 13.0 Å². The van der Waals surface area contributed by atoms with Gasteiger partial charge in [-0.3, -0.25) is 19.6 Å². The molecule has 0 saturated carbocycles. The van der Waals surface area contributed by atoms with E-state index in [1.54, 1.807) is 12.2 Å². The highest BCUT2D eigenvalue weighted by Crippen LogP contribution is 2.51. The molecule has 0 amide bonds. The summed E-state index contributed by atoms with van der Waals surface area (Å²) in [5.74, 6) is 0.810. The van der Waals surface area contributed by atoms with Crippen molar-refractivity contribution in [3.8, 4) is 0 Å². The van der Waals surface area contributed by atoms with Gasteiger partial charge in [0.2, 0.25) is 5.69 Å². The van der Waals surface area contributed by atoms with E-state index in [0.29, 0.717) is 41.3 Å². The second-order valence-electron chi connectivity index (χ2n) is 16.8. The van der Waals surface area contributed by atoms with E-state index in [2.05, 4.69) is 10.7 Å². The number of fused-ring (bicyclic) bond motifs is 1. The van der Waals surface area contributed by atoms with Crippen molar-refractivity contribution in [2.75, 3.05) is 12.3 Å². The summed E-state index contributed by atoms with van der Waals surface area (Å²) in [5.41, 5.74) is 4.03. The van der Waals surface area contributed by atoms with Crippen molar-refractivity contribution in [1.29, 1.82) is 5.41 Å². The van der Waals surface area contributed by atoms with E-state index in [4.69, 9.17) is 16.7 Å². The molecule has 0 spiro atoms. The number of ether oxygens (including phenoxy) is 1. The summed E-state index contributed by atoms with van der Waals surface area (Å²) in [6.45, 7) is 30.0. The standard InChI is InChI=1S/C43H53N3O7S/c1-13-14-16-31(40(48)49)43(11)34(46(17-15-18-54(50,51)52)33-19-25(2)26(3)27(4)38(33)43)23-30-37(32(24-44)45-12)29(39(30)47)20-28-21-35(41(5,6)7)53-36(22-28)42(8,9)10/h19-23,31,44H,13-18H2,1-11H3,(H-,48,49,50,51,52)/p+1. The quantitative estimate of drug-likeness (QED) is 0.0635. The number of nitrogens with one attached hydrogen (secondary N) is 1. The summed E-state index contributed by atoms with van der Waals surface area (Å²) in [6, 6.07) is 1.97. The molecule has 1 aromatic carbocycles. The number of carboxylic acids is 1. The van der Waals surface area contributed by atoms with Crippen LogP contribution >= 0.6 is 0 Å². The smallest absolute Gasteiger partial charge is 0.307 e. The Labute approximate surface area is 320 Å². The third-order valence-electron chi connectivity index (χ3n) is 10.8. The number of hydrogen-bond acceptors (Lipinski definition) is 6. The molecule has 0 aromatic heterocycles. The predicted molar refractivity (Wildman–Crippen MR) is 212 cm³/mol. The van der Waals surface area contributed by atoms with Gasteiger partial charge < -0.3 is 9.84 Å². The van der Waals surface area contributed by atoms with Crippen LogP contribution in [-0.2, 0) is 29.9 Å². The summed E-state index contributed by atoms with van der Waals surface area (Å²) >= 11 is 0. The highest BCUT2D eigenvalue weighted by molar-refractivity contribution is 7.85. The topological polar surface area (TPSA) is 149 Å². The number of carbonyl (C=O) groups excluding carboxylic acids is 1. The van der Waals surface area contributed by atoms with Crippen LogP contribution in [0.2, 0.25) is 0 Å². The lowest BCUT2D eigenvalue weighted by Crippen LogP contribution is -2.44. The monoisotopic (exact) mass is 756 g/mol. The number of carbonyl (C=O) groups is 2. The number of benzene rings is 1. The third-order valence-corrected chi connectivity index (χ3v) is 11.6. The minimum Gasteiger partial charge on any atom is -0.481 e. The predicted octanol–water partition coefficient (Wildman–Crippen LogP) is 8.81. The van der Waals surface area contributed by atoms with Crippen LogP contribution in [-0.4, -0.2) is 58.3 Å². The summed E-state index contributed by atoms with van der Waals surface area (Å²) in [4.78, 5) is 31.3. The van der Waals surface area contributed by atoms with Crippen LogP contribution in [0, 0.1) is 49.5 Å². The Morgan fingerprint density at radius 3 is 2.15 bits per heavy atom. The molecule has 54 heavy (non-hydrogen) atoms. The zero-order chi connectivity index (χ0) is 40.7. The van der Waals surface area contributed by atoms with Crippen molar-refractivity contribution in [3.05, 3.63) is 104 Å². The van der Waals surface area contributed by atoms with Gasteiger partial charge in [0.25, 0.3) is 15.8 Å². The Hall–Kier alpha value is -4.62. The highest BCUT2D eigenvalue weighted by Gasteiger charge is 2.57. The SMILES string of the molecule is [C-]#[N+]C(=C=N)C1=C(C=C2C=C(C(C)(C)C)OC(C(C)(C)C)=C2)C(=O)C1=CC1=[N+](CCCS(=O)(=O)O)c2cc(C)c(C)c(C)c2C1(C)C(CCCC)C(=O)O. The van der Waals surface area contributed by atoms with Gasteiger partial charge in [0.1, 0.15) is 18.1 Å². The van der Waals surface area contributed by atoms with E-state index in [9.17, 15) is 27.7 Å². The van der Waals surface area contributed by atoms with Gasteiger partial charge in [-0.1, -0.05) is 61.3 Å². The van der Waals surface area contributed by atoms with Crippen LogP contribution in [0.3, 0.4) is 0 Å². The average Bonchev–Trinajstić information content (AvgIpc) is 3.29. The van der Waals surface area contributed by atoms with Crippen molar-refractivity contribution in [2.24, 2.45) is 16.7 Å². The molecular formula is C43H54N3O7S+.